The lowest BCUT2D eigenvalue weighted by Crippen LogP contribution is -2.28. The fourth-order valence-corrected chi connectivity index (χ4v) is 4.24. The molecule has 0 atom stereocenters. The molecule has 6 nitrogen and oxygen atoms in total. The van der Waals surface area contributed by atoms with Crippen molar-refractivity contribution in [2.45, 2.75) is 26.2 Å². The van der Waals surface area contributed by atoms with Gasteiger partial charge in [0.2, 0.25) is 11.8 Å². The van der Waals surface area contributed by atoms with Gasteiger partial charge in [-0.1, -0.05) is 23.7 Å². The van der Waals surface area contributed by atoms with Gasteiger partial charge in [0.1, 0.15) is 0 Å². The van der Waals surface area contributed by atoms with Crippen LogP contribution in [0.4, 0.5) is 10.8 Å². The Bertz CT molecular complexity index is 1120. The number of halogens is 1. The lowest BCUT2D eigenvalue weighted by molar-refractivity contribution is -0.121. The average Bonchev–Trinajstić information content (AvgIpc) is 3.30. The third-order valence-corrected chi connectivity index (χ3v) is 6.15. The molecule has 0 spiro atoms. The number of nitrogens with one attached hydrogen (secondary N) is 1. The van der Waals surface area contributed by atoms with E-state index >= 15 is 0 Å². The van der Waals surface area contributed by atoms with Crippen molar-refractivity contribution in [3.05, 3.63) is 75.3 Å². The third-order valence-electron chi connectivity index (χ3n) is 4.83. The number of hydrogen-bond donors (Lipinski definition) is 1. The van der Waals surface area contributed by atoms with Crippen molar-refractivity contribution < 1.29 is 14.4 Å². The SMILES string of the molecule is Cc1ccc(Cc2cnc(NC(=O)c3ccc(N4C(=O)CCC4=O)cc3)s2)cc1Cl. The van der Waals surface area contributed by atoms with Gasteiger partial charge in [-0.3, -0.25) is 24.6 Å². The topological polar surface area (TPSA) is 79.4 Å². The van der Waals surface area contributed by atoms with Crippen LogP contribution in [0.2, 0.25) is 5.02 Å². The van der Waals surface area contributed by atoms with E-state index in [1.54, 1.807) is 30.5 Å². The largest absolute Gasteiger partial charge is 0.298 e. The van der Waals surface area contributed by atoms with Gasteiger partial charge in [0.15, 0.2) is 5.13 Å². The van der Waals surface area contributed by atoms with E-state index in [2.05, 4.69) is 10.3 Å². The molecule has 0 radical (unpaired) electrons. The van der Waals surface area contributed by atoms with Crippen LogP contribution in [0.25, 0.3) is 0 Å². The number of carbonyl (C=O) groups excluding carboxylic acids is 3. The first-order chi connectivity index (χ1) is 14.4. The van der Waals surface area contributed by atoms with Crippen LogP contribution in [-0.2, 0) is 16.0 Å². The van der Waals surface area contributed by atoms with Crippen molar-refractivity contribution in [1.29, 1.82) is 0 Å². The Balaban J connectivity index is 1.41. The Morgan fingerprint density at radius 2 is 1.83 bits per heavy atom. The summed E-state index contributed by atoms with van der Waals surface area (Å²) >= 11 is 7.58. The second-order valence-electron chi connectivity index (χ2n) is 7.02. The number of rotatable bonds is 5. The van der Waals surface area contributed by atoms with Gasteiger partial charge < -0.3 is 0 Å². The van der Waals surface area contributed by atoms with E-state index in [1.807, 2.05) is 25.1 Å². The molecule has 1 aliphatic heterocycles. The zero-order chi connectivity index (χ0) is 21.3. The highest BCUT2D eigenvalue weighted by Crippen LogP contribution is 2.25. The van der Waals surface area contributed by atoms with Crippen LogP contribution in [0.15, 0.2) is 48.7 Å². The predicted octanol–water partition coefficient (Wildman–Crippen LogP) is 4.60. The molecule has 1 aliphatic rings. The summed E-state index contributed by atoms with van der Waals surface area (Å²) in [4.78, 5) is 42.6. The Hall–Kier alpha value is -3.03. The van der Waals surface area contributed by atoms with Crippen LogP contribution in [0.5, 0.6) is 0 Å². The Morgan fingerprint density at radius 1 is 1.13 bits per heavy atom. The quantitative estimate of drug-likeness (QED) is 0.589. The molecule has 0 aliphatic carbocycles. The van der Waals surface area contributed by atoms with Crippen molar-refractivity contribution in [3.8, 4) is 0 Å². The number of carbonyl (C=O) groups is 3. The molecule has 2 aromatic carbocycles. The smallest absolute Gasteiger partial charge is 0.257 e. The van der Waals surface area contributed by atoms with E-state index in [0.29, 0.717) is 22.8 Å². The second kappa shape index (κ2) is 8.38. The highest BCUT2D eigenvalue weighted by Gasteiger charge is 2.30. The molecular formula is C22H18ClN3O3S. The number of aromatic nitrogens is 1. The first-order valence-corrected chi connectivity index (χ1v) is 10.6. The fourth-order valence-electron chi connectivity index (χ4n) is 3.19. The zero-order valence-corrected chi connectivity index (χ0v) is 17.7. The van der Waals surface area contributed by atoms with E-state index in [4.69, 9.17) is 11.6 Å². The lowest BCUT2D eigenvalue weighted by Gasteiger charge is -2.13. The van der Waals surface area contributed by atoms with E-state index < -0.39 is 0 Å². The molecular weight excluding hydrogens is 422 g/mol. The monoisotopic (exact) mass is 439 g/mol. The number of imide groups is 1. The minimum atomic E-state index is -0.306. The Morgan fingerprint density at radius 3 is 2.50 bits per heavy atom. The second-order valence-corrected chi connectivity index (χ2v) is 8.54. The summed E-state index contributed by atoms with van der Waals surface area (Å²) in [5.41, 5.74) is 3.00. The van der Waals surface area contributed by atoms with E-state index in [1.165, 1.54) is 11.3 Å². The molecule has 30 heavy (non-hydrogen) atoms. The molecule has 152 valence electrons. The third kappa shape index (κ3) is 4.27. The minimum absolute atomic E-state index is 0.220. The molecule has 4 rings (SSSR count). The van der Waals surface area contributed by atoms with Crippen molar-refractivity contribution in [2.24, 2.45) is 0 Å². The molecule has 1 fully saturated rings. The van der Waals surface area contributed by atoms with Crippen LogP contribution < -0.4 is 10.2 Å². The molecule has 0 bridgehead atoms. The predicted molar refractivity (Wildman–Crippen MR) is 117 cm³/mol. The Labute approximate surface area is 182 Å². The number of hydrogen-bond acceptors (Lipinski definition) is 5. The summed E-state index contributed by atoms with van der Waals surface area (Å²) in [5, 5.41) is 4.02. The first-order valence-electron chi connectivity index (χ1n) is 9.37. The summed E-state index contributed by atoms with van der Waals surface area (Å²) in [5.74, 6) is -0.746. The van der Waals surface area contributed by atoms with Gasteiger partial charge >= 0.3 is 0 Å². The number of aryl methyl sites for hydroxylation is 1. The zero-order valence-electron chi connectivity index (χ0n) is 16.1. The molecule has 3 amide bonds. The maximum Gasteiger partial charge on any atom is 0.257 e. The number of anilines is 2. The summed E-state index contributed by atoms with van der Waals surface area (Å²) < 4.78 is 0. The first kappa shape index (κ1) is 20.3. The lowest BCUT2D eigenvalue weighted by atomic mass is 10.1. The number of thiazole rings is 1. The van der Waals surface area contributed by atoms with Crippen LogP contribution in [-0.4, -0.2) is 22.7 Å². The van der Waals surface area contributed by atoms with Crippen LogP contribution in [0, 0.1) is 6.92 Å². The summed E-state index contributed by atoms with van der Waals surface area (Å²) in [6.45, 7) is 1.96. The van der Waals surface area contributed by atoms with Crippen molar-refractivity contribution in [1.82, 2.24) is 4.98 Å². The van der Waals surface area contributed by atoms with E-state index in [9.17, 15) is 14.4 Å². The standard InChI is InChI=1S/C22H18ClN3O3S/c1-13-2-3-14(11-18(13)23)10-17-12-24-22(30-17)25-21(29)15-4-6-16(7-5-15)26-19(27)8-9-20(26)28/h2-7,11-12H,8-10H2,1H3,(H,24,25,29). The van der Waals surface area contributed by atoms with Gasteiger partial charge in [-0.15, -0.1) is 11.3 Å². The van der Waals surface area contributed by atoms with Crippen molar-refractivity contribution in [3.63, 3.8) is 0 Å². The maximum atomic E-state index is 12.5. The van der Waals surface area contributed by atoms with Gasteiger partial charge in [-0.2, -0.15) is 0 Å². The van der Waals surface area contributed by atoms with Gasteiger partial charge in [0, 0.05) is 40.9 Å². The molecule has 1 N–H and O–H groups in total. The van der Waals surface area contributed by atoms with E-state index in [0.717, 1.165) is 25.9 Å². The van der Waals surface area contributed by atoms with Crippen molar-refractivity contribution >= 4 is 51.5 Å². The minimum Gasteiger partial charge on any atom is -0.298 e. The number of amides is 3. The van der Waals surface area contributed by atoms with Gasteiger partial charge in [-0.05, 0) is 48.4 Å². The van der Waals surface area contributed by atoms with Crippen LogP contribution in [0.1, 0.15) is 39.2 Å². The normalized spacial score (nSPS) is 13.7. The summed E-state index contributed by atoms with van der Waals surface area (Å²) in [7, 11) is 0. The van der Waals surface area contributed by atoms with E-state index in [-0.39, 0.29) is 30.6 Å². The molecule has 1 saturated heterocycles. The van der Waals surface area contributed by atoms with Gasteiger partial charge in [0.05, 0.1) is 5.69 Å². The fraction of sp³-hybridized carbons (Fsp3) is 0.182. The molecule has 2 heterocycles. The number of nitrogens with zero attached hydrogens (tertiary/aromatic N) is 2. The highest BCUT2D eigenvalue weighted by atomic mass is 35.5. The molecule has 3 aromatic rings. The Kier molecular flexibility index (Phi) is 5.65. The molecule has 0 saturated carbocycles. The van der Waals surface area contributed by atoms with Gasteiger partial charge in [-0.25, -0.2) is 4.98 Å². The summed E-state index contributed by atoms with van der Waals surface area (Å²) in [6.07, 6.45) is 2.87. The molecule has 8 heteroatoms. The summed E-state index contributed by atoms with van der Waals surface area (Å²) in [6, 6.07) is 12.3. The maximum absolute atomic E-state index is 12.5. The highest BCUT2D eigenvalue weighted by molar-refractivity contribution is 7.15. The average molecular weight is 440 g/mol. The molecule has 0 unspecified atom stereocenters. The molecule has 1 aromatic heterocycles. The van der Waals surface area contributed by atoms with Crippen LogP contribution >= 0.6 is 22.9 Å². The van der Waals surface area contributed by atoms with Gasteiger partial charge in [0.25, 0.3) is 5.91 Å². The van der Waals surface area contributed by atoms with Crippen molar-refractivity contribution in [2.75, 3.05) is 10.2 Å². The van der Waals surface area contributed by atoms with Crippen LogP contribution in [0.3, 0.4) is 0 Å². The number of benzene rings is 2.